The molecule has 4 nitrogen and oxygen atoms in total. The molecule has 0 radical (unpaired) electrons. The van der Waals surface area contributed by atoms with Crippen molar-refractivity contribution in [2.24, 2.45) is 0 Å². The minimum absolute atomic E-state index is 0. The van der Waals surface area contributed by atoms with E-state index in [-0.39, 0.29) is 36.9 Å². The smallest absolute Gasteiger partial charge is 0.321 e. The first kappa shape index (κ1) is 21.6. The summed E-state index contributed by atoms with van der Waals surface area (Å²) in [7, 11) is 0. The average Bonchev–Trinajstić information content (AvgIpc) is 2.58. The zero-order valence-corrected chi connectivity index (χ0v) is 16.1. The van der Waals surface area contributed by atoms with Gasteiger partial charge in [0.25, 0.3) is 0 Å². The van der Waals surface area contributed by atoms with Gasteiger partial charge in [-0.25, -0.2) is 4.79 Å². The van der Waals surface area contributed by atoms with Crippen LogP contribution in [0.5, 0.6) is 0 Å². The maximum absolute atomic E-state index is 12.6. The van der Waals surface area contributed by atoms with Crippen molar-refractivity contribution in [3.63, 3.8) is 0 Å². The van der Waals surface area contributed by atoms with Crippen molar-refractivity contribution >= 4 is 48.1 Å². The number of halogens is 3. The summed E-state index contributed by atoms with van der Waals surface area (Å²) in [5.74, 6) is 0. The third kappa shape index (κ3) is 6.07. The molecule has 1 aliphatic rings. The summed E-state index contributed by atoms with van der Waals surface area (Å²) in [6.45, 7) is 0.796. The van der Waals surface area contributed by atoms with E-state index in [1.54, 1.807) is 18.3 Å². The number of rotatable bonds is 3. The molecule has 25 heavy (non-hydrogen) atoms. The Labute approximate surface area is 165 Å². The number of aromatic nitrogens is 1. The van der Waals surface area contributed by atoms with Crippen LogP contribution < -0.4 is 5.32 Å². The van der Waals surface area contributed by atoms with Gasteiger partial charge in [0, 0.05) is 35.7 Å². The molecule has 0 saturated carbocycles. The highest BCUT2D eigenvalue weighted by Crippen LogP contribution is 2.22. The van der Waals surface area contributed by atoms with Gasteiger partial charge in [-0.15, -0.1) is 24.8 Å². The van der Waals surface area contributed by atoms with Gasteiger partial charge < -0.3 is 10.2 Å². The van der Waals surface area contributed by atoms with Gasteiger partial charge in [0.2, 0.25) is 0 Å². The molecule has 1 atom stereocenters. The summed E-state index contributed by atoms with van der Waals surface area (Å²) in [6.07, 6.45) is 7.75. The topological polar surface area (TPSA) is 45.2 Å². The zero-order valence-electron chi connectivity index (χ0n) is 13.7. The van der Waals surface area contributed by atoms with Crippen LogP contribution in [0.1, 0.15) is 24.8 Å². The Morgan fingerprint density at radius 1 is 1.20 bits per heavy atom. The molecule has 2 aromatic rings. The number of benzene rings is 1. The summed E-state index contributed by atoms with van der Waals surface area (Å²) in [4.78, 5) is 18.7. The second-order valence-electron chi connectivity index (χ2n) is 5.85. The predicted molar refractivity (Wildman–Crippen MR) is 107 cm³/mol. The van der Waals surface area contributed by atoms with E-state index >= 15 is 0 Å². The first-order chi connectivity index (χ1) is 11.2. The lowest BCUT2D eigenvalue weighted by atomic mass is 9.96. The molecule has 2 heterocycles. The molecule has 1 unspecified atom stereocenters. The maximum Gasteiger partial charge on any atom is 0.322 e. The van der Waals surface area contributed by atoms with Crippen LogP contribution in [-0.2, 0) is 6.42 Å². The lowest BCUT2D eigenvalue weighted by Gasteiger charge is -2.35. The summed E-state index contributed by atoms with van der Waals surface area (Å²) in [5.41, 5.74) is 1.94. The van der Waals surface area contributed by atoms with Crippen LogP contribution in [0.15, 0.2) is 48.8 Å². The molecular weight excluding hydrogens is 381 g/mol. The first-order valence-electron chi connectivity index (χ1n) is 7.94. The second kappa shape index (κ2) is 10.5. The third-order valence-electron chi connectivity index (χ3n) is 4.18. The minimum Gasteiger partial charge on any atom is -0.321 e. The number of likely N-dealkylation sites (tertiary alicyclic amines) is 1. The van der Waals surface area contributed by atoms with E-state index in [9.17, 15) is 4.79 Å². The number of urea groups is 1. The van der Waals surface area contributed by atoms with Crippen molar-refractivity contribution in [3.8, 4) is 0 Å². The van der Waals surface area contributed by atoms with Crippen molar-refractivity contribution < 1.29 is 4.79 Å². The molecule has 1 fully saturated rings. The highest BCUT2D eigenvalue weighted by Gasteiger charge is 2.26. The fourth-order valence-corrected chi connectivity index (χ4v) is 3.13. The van der Waals surface area contributed by atoms with E-state index < -0.39 is 0 Å². The molecule has 1 aromatic carbocycles. The molecule has 0 bridgehead atoms. The van der Waals surface area contributed by atoms with Crippen LogP contribution >= 0.6 is 36.4 Å². The molecule has 3 rings (SSSR count). The van der Waals surface area contributed by atoms with Gasteiger partial charge in [-0.3, -0.25) is 4.98 Å². The largest absolute Gasteiger partial charge is 0.322 e. The molecule has 2 amide bonds. The monoisotopic (exact) mass is 401 g/mol. The standard InChI is InChI=1S/C18H20ClN3O.2ClH/c19-15-6-8-16(9-7-15)21-18(23)22-11-2-1-5-17(22)12-14-4-3-10-20-13-14;;/h3-4,6-10,13,17H,1-2,5,11-12H2,(H,21,23);2*1H. The Kier molecular flexibility index (Phi) is 9.04. The van der Waals surface area contributed by atoms with Crippen molar-refractivity contribution in [1.82, 2.24) is 9.88 Å². The Morgan fingerprint density at radius 3 is 2.64 bits per heavy atom. The number of nitrogens with one attached hydrogen (secondary N) is 1. The third-order valence-corrected chi connectivity index (χ3v) is 4.43. The van der Waals surface area contributed by atoms with E-state index in [1.807, 2.05) is 29.3 Å². The van der Waals surface area contributed by atoms with Gasteiger partial charge in [-0.2, -0.15) is 0 Å². The Morgan fingerprint density at radius 2 is 1.96 bits per heavy atom. The molecular formula is C18H22Cl3N3O. The lowest BCUT2D eigenvalue weighted by Crippen LogP contribution is -2.46. The number of carbonyl (C=O) groups excluding carboxylic acids is 1. The quantitative estimate of drug-likeness (QED) is 0.766. The van der Waals surface area contributed by atoms with E-state index in [1.165, 1.54) is 5.56 Å². The number of amides is 2. The van der Waals surface area contributed by atoms with Gasteiger partial charge in [-0.05, 0) is 61.6 Å². The summed E-state index contributed by atoms with van der Waals surface area (Å²) >= 11 is 5.88. The van der Waals surface area contributed by atoms with Crippen LogP contribution in [0.4, 0.5) is 10.5 Å². The number of nitrogens with zero attached hydrogens (tertiary/aromatic N) is 2. The number of pyridine rings is 1. The molecule has 0 spiro atoms. The molecule has 7 heteroatoms. The zero-order chi connectivity index (χ0) is 16.1. The Hall–Kier alpha value is -1.49. The molecule has 1 aromatic heterocycles. The first-order valence-corrected chi connectivity index (χ1v) is 8.32. The number of hydrogen-bond acceptors (Lipinski definition) is 2. The summed E-state index contributed by atoms with van der Waals surface area (Å²) in [6, 6.07) is 11.4. The van der Waals surface area contributed by atoms with Crippen molar-refractivity contribution in [3.05, 3.63) is 59.4 Å². The maximum atomic E-state index is 12.6. The van der Waals surface area contributed by atoms with Gasteiger partial charge in [0.1, 0.15) is 0 Å². The van der Waals surface area contributed by atoms with E-state index in [4.69, 9.17) is 11.6 Å². The normalized spacial score (nSPS) is 16.4. The summed E-state index contributed by atoms with van der Waals surface area (Å²) in [5, 5.41) is 3.63. The fourth-order valence-electron chi connectivity index (χ4n) is 3.00. The molecule has 1 saturated heterocycles. The summed E-state index contributed by atoms with van der Waals surface area (Å²) < 4.78 is 0. The minimum atomic E-state index is -0.0408. The molecule has 136 valence electrons. The van der Waals surface area contributed by atoms with E-state index in [2.05, 4.69) is 16.4 Å². The average molecular weight is 403 g/mol. The van der Waals surface area contributed by atoms with Crippen molar-refractivity contribution in [2.75, 3.05) is 11.9 Å². The Balaban J connectivity index is 0.00000156. The second-order valence-corrected chi connectivity index (χ2v) is 6.28. The van der Waals surface area contributed by atoms with Gasteiger partial charge in [0.05, 0.1) is 0 Å². The van der Waals surface area contributed by atoms with Crippen molar-refractivity contribution in [1.29, 1.82) is 0 Å². The number of anilines is 1. The molecule has 0 aliphatic carbocycles. The number of piperidine rings is 1. The lowest BCUT2D eigenvalue weighted by molar-refractivity contribution is 0.162. The van der Waals surface area contributed by atoms with Crippen LogP contribution in [0, 0.1) is 0 Å². The van der Waals surface area contributed by atoms with Crippen LogP contribution in [0.2, 0.25) is 5.02 Å². The Bertz CT molecular complexity index is 652. The van der Waals surface area contributed by atoms with Crippen LogP contribution in [-0.4, -0.2) is 28.5 Å². The highest BCUT2D eigenvalue weighted by molar-refractivity contribution is 6.30. The van der Waals surface area contributed by atoms with E-state index in [0.717, 1.165) is 37.9 Å². The molecule has 1 N–H and O–H groups in total. The van der Waals surface area contributed by atoms with Gasteiger partial charge >= 0.3 is 6.03 Å². The fraction of sp³-hybridized carbons (Fsp3) is 0.333. The number of carbonyl (C=O) groups is 1. The predicted octanol–water partition coefficient (Wildman–Crippen LogP) is 5.21. The van der Waals surface area contributed by atoms with Crippen LogP contribution in [0.25, 0.3) is 0 Å². The number of hydrogen-bond donors (Lipinski definition) is 1. The SMILES string of the molecule is Cl.Cl.O=C(Nc1ccc(Cl)cc1)N1CCCCC1Cc1cccnc1. The highest BCUT2D eigenvalue weighted by atomic mass is 35.5. The van der Waals surface area contributed by atoms with E-state index in [0.29, 0.717) is 5.02 Å². The van der Waals surface area contributed by atoms with Crippen molar-refractivity contribution in [2.45, 2.75) is 31.7 Å². The van der Waals surface area contributed by atoms with Gasteiger partial charge in [-0.1, -0.05) is 17.7 Å². The molecule has 1 aliphatic heterocycles. The van der Waals surface area contributed by atoms with Crippen LogP contribution in [0.3, 0.4) is 0 Å². The van der Waals surface area contributed by atoms with Gasteiger partial charge in [0.15, 0.2) is 0 Å².